The van der Waals surface area contributed by atoms with E-state index in [0.29, 0.717) is 16.8 Å². The summed E-state index contributed by atoms with van der Waals surface area (Å²) in [6.45, 7) is 10.3. The van der Waals surface area contributed by atoms with Gasteiger partial charge in [0.1, 0.15) is 0 Å². The van der Waals surface area contributed by atoms with E-state index in [4.69, 9.17) is 16.6 Å². The van der Waals surface area contributed by atoms with Crippen molar-refractivity contribution in [1.82, 2.24) is 15.0 Å². The molecule has 0 radical (unpaired) electrons. The molecule has 3 rings (SSSR count). The highest BCUT2D eigenvalue weighted by atomic mass is 35.5. The zero-order chi connectivity index (χ0) is 20.4. The van der Waals surface area contributed by atoms with Gasteiger partial charge in [-0.1, -0.05) is 36.5 Å². The number of aliphatic hydroxyl groups is 1. The number of nitrogens with one attached hydrogen (secondary N) is 3. The minimum absolute atomic E-state index is 0.00666. The Bertz CT molecular complexity index is 969. The van der Waals surface area contributed by atoms with Crippen LogP contribution in [0.1, 0.15) is 39.3 Å². The molecule has 8 heteroatoms. The molecule has 0 amide bonds. The molecular weight excluding hydrogens is 376 g/mol. The number of halogens is 1. The molecule has 1 atom stereocenters. The molecule has 0 fully saturated rings. The number of aryl methyl sites for hydroxylation is 1. The second-order valence-corrected chi connectivity index (χ2v) is 8.04. The van der Waals surface area contributed by atoms with Crippen molar-refractivity contribution in [3.63, 3.8) is 0 Å². The maximum Gasteiger partial charge on any atom is 0.309 e. The second-order valence-electron chi connectivity index (χ2n) is 7.64. The van der Waals surface area contributed by atoms with Gasteiger partial charge < -0.3 is 15.7 Å². The van der Waals surface area contributed by atoms with E-state index in [1.165, 1.54) is 0 Å². The van der Waals surface area contributed by atoms with E-state index in [0.717, 1.165) is 22.4 Å². The molecule has 28 heavy (non-hydrogen) atoms. The molecule has 0 aliphatic rings. The predicted molar refractivity (Wildman–Crippen MR) is 113 cm³/mol. The molecule has 2 heterocycles. The van der Waals surface area contributed by atoms with E-state index in [2.05, 4.69) is 39.0 Å². The molecular formula is C20H28ClN6O+. The van der Waals surface area contributed by atoms with Crippen LogP contribution in [-0.2, 0) is 0 Å². The molecule has 0 aliphatic heterocycles. The van der Waals surface area contributed by atoms with Crippen LogP contribution < -0.4 is 15.2 Å². The molecule has 1 aromatic carbocycles. The van der Waals surface area contributed by atoms with Crippen molar-refractivity contribution in [2.75, 3.05) is 17.2 Å². The molecule has 0 spiro atoms. The number of benzene rings is 1. The number of hydrogen-bond acceptors (Lipinski definition) is 5. The lowest BCUT2D eigenvalue weighted by atomic mass is 10.1. The Morgan fingerprint density at radius 1 is 1.21 bits per heavy atom. The topological polar surface area (TPSA) is 89.7 Å². The first-order valence-electron chi connectivity index (χ1n) is 9.51. The van der Waals surface area contributed by atoms with Crippen LogP contribution in [0.25, 0.3) is 11.2 Å². The van der Waals surface area contributed by atoms with E-state index in [1.54, 1.807) is 0 Å². The Kier molecular flexibility index (Phi) is 6.05. The van der Waals surface area contributed by atoms with Crippen LogP contribution in [0.3, 0.4) is 0 Å². The third-order valence-electron chi connectivity index (χ3n) is 4.79. The fraction of sp³-hybridized carbons (Fsp3) is 0.450. The van der Waals surface area contributed by atoms with Crippen LogP contribution in [-0.4, -0.2) is 32.7 Å². The molecule has 7 nitrogen and oxygen atoms in total. The van der Waals surface area contributed by atoms with Crippen LogP contribution in [0.4, 0.5) is 17.5 Å². The van der Waals surface area contributed by atoms with Crippen LogP contribution in [0.2, 0.25) is 5.02 Å². The minimum Gasteiger partial charge on any atom is -0.394 e. The smallest absolute Gasteiger partial charge is 0.309 e. The Hall–Kier alpha value is -2.38. The van der Waals surface area contributed by atoms with Gasteiger partial charge in [0.05, 0.1) is 18.7 Å². The van der Waals surface area contributed by atoms with Gasteiger partial charge in [-0.05, 0) is 44.4 Å². The molecule has 0 bridgehead atoms. The Morgan fingerprint density at radius 3 is 2.57 bits per heavy atom. The average molecular weight is 404 g/mol. The standard InChI is InChI=1S/C20H27ClN6O/c1-11(2)16(9-28)24-20-25-18(23-14-7-6-13(5)15(21)8-14)17-19(26-20)27(10-22-17)12(3)4/h6-8,10-12,16,28H,9H2,1-5H3,(H2,23,24,25,26)/p+1/t16-/m0/s1. The van der Waals surface area contributed by atoms with Crippen molar-refractivity contribution in [3.05, 3.63) is 35.1 Å². The predicted octanol–water partition coefficient (Wildman–Crippen LogP) is 3.96. The average Bonchev–Trinajstić information content (AvgIpc) is 3.07. The van der Waals surface area contributed by atoms with E-state index in [9.17, 15) is 5.11 Å². The lowest BCUT2D eigenvalue weighted by Crippen LogP contribution is -2.35. The Labute approximate surface area is 170 Å². The summed E-state index contributed by atoms with van der Waals surface area (Å²) in [5.41, 5.74) is 3.45. The van der Waals surface area contributed by atoms with E-state index in [1.807, 2.05) is 45.3 Å². The molecule has 0 unspecified atom stereocenters. The van der Waals surface area contributed by atoms with E-state index >= 15 is 0 Å². The molecule has 0 saturated heterocycles. The summed E-state index contributed by atoms with van der Waals surface area (Å²) < 4.78 is 2.05. The summed E-state index contributed by atoms with van der Waals surface area (Å²) in [4.78, 5) is 12.6. The van der Waals surface area contributed by atoms with E-state index < -0.39 is 0 Å². The Balaban J connectivity index is 2.07. The Morgan fingerprint density at radius 2 is 1.96 bits per heavy atom. The number of fused-ring (bicyclic) bond motifs is 1. The third kappa shape index (κ3) is 4.20. The maximum absolute atomic E-state index is 9.68. The number of imidazole rings is 1. The van der Waals surface area contributed by atoms with Crippen LogP contribution in [0.5, 0.6) is 0 Å². The molecule has 0 aliphatic carbocycles. The summed E-state index contributed by atoms with van der Waals surface area (Å²) in [5, 5.41) is 17.0. The van der Waals surface area contributed by atoms with Crippen molar-refractivity contribution in [2.24, 2.45) is 5.92 Å². The van der Waals surface area contributed by atoms with Gasteiger partial charge in [0, 0.05) is 10.7 Å². The van der Waals surface area contributed by atoms with Crippen molar-refractivity contribution < 1.29 is 9.67 Å². The zero-order valence-corrected chi connectivity index (χ0v) is 17.7. The van der Waals surface area contributed by atoms with Gasteiger partial charge in [0.15, 0.2) is 12.1 Å². The highest BCUT2D eigenvalue weighted by Gasteiger charge is 2.23. The number of anilines is 3. The van der Waals surface area contributed by atoms with Crippen LogP contribution >= 0.6 is 11.6 Å². The first kappa shape index (κ1) is 20.4. The zero-order valence-electron chi connectivity index (χ0n) is 16.9. The normalized spacial score (nSPS) is 12.8. The SMILES string of the molecule is Cc1ccc(Nc2nc(N[C@@H](CO)C(C)C)nc3c2[nH]c[n+]3C(C)C)cc1Cl. The van der Waals surface area contributed by atoms with Gasteiger partial charge in [0.25, 0.3) is 0 Å². The van der Waals surface area contributed by atoms with Gasteiger partial charge in [-0.25, -0.2) is 4.57 Å². The first-order valence-corrected chi connectivity index (χ1v) is 9.88. The number of aromatic nitrogens is 4. The number of H-pyrrole nitrogens is 1. The van der Waals surface area contributed by atoms with Crippen molar-refractivity contribution in [2.45, 2.75) is 46.7 Å². The summed E-state index contributed by atoms with van der Waals surface area (Å²) in [5.74, 6) is 1.35. The second kappa shape index (κ2) is 8.32. The van der Waals surface area contributed by atoms with Gasteiger partial charge in [0.2, 0.25) is 5.52 Å². The van der Waals surface area contributed by atoms with Crippen molar-refractivity contribution >= 4 is 40.2 Å². The van der Waals surface area contributed by atoms with Gasteiger partial charge in [-0.15, -0.1) is 0 Å². The molecule has 2 aromatic heterocycles. The number of aromatic amines is 1. The number of aliphatic hydroxyl groups excluding tert-OH is 1. The van der Waals surface area contributed by atoms with Crippen LogP contribution in [0.15, 0.2) is 24.5 Å². The van der Waals surface area contributed by atoms with Crippen LogP contribution in [0, 0.1) is 12.8 Å². The van der Waals surface area contributed by atoms with Crippen molar-refractivity contribution in [3.8, 4) is 0 Å². The van der Waals surface area contributed by atoms with Gasteiger partial charge in [-0.3, -0.25) is 4.98 Å². The van der Waals surface area contributed by atoms with E-state index in [-0.39, 0.29) is 24.6 Å². The molecule has 0 saturated carbocycles. The largest absolute Gasteiger partial charge is 0.394 e. The van der Waals surface area contributed by atoms with Gasteiger partial charge in [-0.2, -0.15) is 4.98 Å². The monoisotopic (exact) mass is 403 g/mol. The highest BCUT2D eigenvalue weighted by Crippen LogP contribution is 2.26. The fourth-order valence-electron chi connectivity index (χ4n) is 2.91. The van der Waals surface area contributed by atoms with Crippen molar-refractivity contribution in [1.29, 1.82) is 0 Å². The van der Waals surface area contributed by atoms with Gasteiger partial charge >= 0.3 is 11.6 Å². The highest BCUT2D eigenvalue weighted by molar-refractivity contribution is 6.31. The number of nitrogens with zero attached hydrogens (tertiary/aromatic N) is 3. The maximum atomic E-state index is 9.68. The third-order valence-corrected chi connectivity index (χ3v) is 5.20. The number of rotatable bonds is 7. The minimum atomic E-state index is -0.134. The lowest BCUT2D eigenvalue weighted by molar-refractivity contribution is -0.692. The summed E-state index contributed by atoms with van der Waals surface area (Å²) >= 11 is 6.27. The molecule has 3 aromatic rings. The quantitative estimate of drug-likeness (QED) is 0.448. The molecule has 150 valence electrons. The summed E-state index contributed by atoms with van der Waals surface area (Å²) in [6.07, 6.45) is 1.90. The fourth-order valence-corrected chi connectivity index (χ4v) is 3.09. The lowest BCUT2D eigenvalue weighted by Gasteiger charge is -2.19. The first-order chi connectivity index (χ1) is 13.3. The molecule has 4 N–H and O–H groups in total. The number of hydrogen-bond donors (Lipinski definition) is 4. The summed E-state index contributed by atoms with van der Waals surface area (Å²) in [7, 11) is 0. The summed E-state index contributed by atoms with van der Waals surface area (Å²) in [6, 6.07) is 5.91.